The van der Waals surface area contributed by atoms with Crippen LogP contribution in [-0.4, -0.2) is 58.5 Å². The first-order valence-corrected chi connectivity index (χ1v) is 11.8. The summed E-state index contributed by atoms with van der Waals surface area (Å²) in [4.78, 5) is 29.8. The number of ether oxygens (including phenoxy) is 1. The van der Waals surface area contributed by atoms with Crippen LogP contribution in [0.25, 0.3) is 21.6 Å². The number of nitrogens with two attached hydrogens (primary N) is 1. The lowest BCUT2D eigenvalue weighted by atomic mass is 10.1. The second-order valence-corrected chi connectivity index (χ2v) is 9.11. The maximum atomic E-state index is 13.4. The second kappa shape index (κ2) is 9.40. The van der Waals surface area contributed by atoms with Crippen LogP contribution < -0.4 is 15.4 Å². The maximum Gasteiger partial charge on any atom is 0.260 e. The van der Waals surface area contributed by atoms with Crippen molar-refractivity contribution in [3.63, 3.8) is 0 Å². The van der Waals surface area contributed by atoms with Crippen molar-refractivity contribution in [2.75, 3.05) is 43.4 Å². The summed E-state index contributed by atoms with van der Waals surface area (Å²) in [5.41, 5.74) is 7.77. The zero-order valence-electron chi connectivity index (χ0n) is 17.9. The number of piperazine rings is 1. The summed E-state index contributed by atoms with van der Waals surface area (Å²) in [6, 6.07) is 13.0. The minimum atomic E-state index is -0.321. The van der Waals surface area contributed by atoms with E-state index >= 15 is 0 Å². The predicted molar refractivity (Wildman–Crippen MR) is 131 cm³/mol. The van der Waals surface area contributed by atoms with Gasteiger partial charge in [0.05, 0.1) is 5.69 Å². The molecular formula is C23H20ClFN6O2S. The number of nitrogen functional groups attached to an aromatic ring is 1. The number of anilines is 2. The van der Waals surface area contributed by atoms with Crippen molar-refractivity contribution in [2.45, 2.75) is 0 Å². The number of amides is 1. The molecule has 4 aromatic rings. The van der Waals surface area contributed by atoms with Crippen LogP contribution >= 0.6 is 22.9 Å². The van der Waals surface area contributed by atoms with Crippen molar-refractivity contribution in [1.82, 2.24) is 19.9 Å². The number of rotatable bonds is 5. The molecule has 11 heteroatoms. The number of carbonyl (C=O) groups is 1. The standard InChI is InChI=1S/C23H20ClFN6O2S/c24-15-3-7-17(8-4-15)33-13-18(32)30-9-11-31(12-10-30)23-29-21-20(34-23)19(27-22(26)28-21)14-1-5-16(25)6-2-14/h1-8H,9-13H2,(H2,26,27,28). The van der Waals surface area contributed by atoms with Gasteiger partial charge in [0.15, 0.2) is 17.4 Å². The van der Waals surface area contributed by atoms with E-state index in [1.807, 2.05) is 0 Å². The smallest absolute Gasteiger partial charge is 0.260 e. The highest BCUT2D eigenvalue weighted by molar-refractivity contribution is 7.22. The van der Waals surface area contributed by atoms with E-state index < -0.39 is 0 Å². The molecule has 1 saturated heterocycles. The fourth-order valence-corrected chi connectivity index (χ4v) is 4.88. The van der Waals surface area contributed by atoms with Gasteiger partial charge in [-0.3, -0.25) is 4.79 Å². The van der Waals surface area contributed by atoms with E-state index in [1.54, 1.807) is 41.3 Å². The number of hydrogen-bond donors (Lipinski definition) is 1. The number of aromatic nitrogens is 3. The number of nitrogens with zero attached hydrogens (tertiary/aromatic N) is 5. The molecule has 2 N–H and O–H groups in total. The molecule has 0 saturated carbocycles. The molecular weight excluding hydrogens is 479 g/mol. The summed E-state index contributed by atoms with van der Waals surface area (Å²) in [6.45, 7) is 2.33. The Hall–Kier alpha value is -3.50. The van der Waals surface area contributed by atoms with E-state index in [1.165, 1.54) is 23.5 Å². The first-order valence-electron chi connectivity index (χ1n) is 10.6. The molecule has 3 heterocycles. The van der Waals surface area contributed by atoms with Gasteiger partial charge in [0.2, 0.25) is 5.95 Å². The first kappa shape index (κ1) is 22.3. The Morgan fingerprint density at radius 1 is 1.03 bits per heavy atom. The monoisotopic (exact) mass is 498 g/mol. The fourth-order valence-electron chi connectivity index (χ4n) is 3.68. The van der Waals surface area contributed by atoms with Crippen LogP contribution in [0.2, 0.25) is 5.02 Å². The molecule has 174 valence electrons. The quantitative estimate of drug-likeness (QED) is 0.446. The van der Waals surface area contributed by atoms with E-state index in [9.17, 15) is 9.18 Å². The van der Waals surface area contributed by atoms with Gasteiger partial charge >= 0.3 is 0 Å². The van der Waals surface area contributed by atoms with Crippen LogP contribution in [0.3, 0.4) is 0 Å². The Morgan fingerprint density at radius 3 is 2.44 bits per heavy atom. The number of fused-ring (bicyclic) bond motifs is 1. The molecule has 2 aromatic carbocycles. The lowest BCUT2D eigenvalue weighted by Crippen LogP contribution is -2.50. The lowest BCUT2D eigenvalue weighted by Gasteiger charge is -2.34. The molecule has 1 fully saturated rings. The second-order valence-electron chi connectivity index (χ2n) is 7.70. The predicted octanol–water partition coefficient (Wildman–Crippen LogP) is 3.86. The molecule has 8 nitrogen and oxygen atoms in total. The number of halogens is 2. The Bertz CT molecular complexity index is 1320. The minimum Gasteiger partial charge on any atom is -0.484 e. The molecule has 5 rings (SSSR count). The van der Waals surface area contributed by atoms with E-state index in [0.717, 1.165) is 15.4 Å². The van der Waals surface area contributed by atoms with Gasteiger partial charge in [-0.15, -0.1) is 0 Å². The summed E-state index contributed by atoms with van der Waals surface area (Å²) in [5, 5.41) is 1.39. The molecule has 0 spiro atoms. The van der Waals surface area contributed by atoms with Gasteiger partial charge in [0, 0.05) is 36.8 Å². The Morgan fingerprint density at radius 2 is 1.74 bits per heavy atom. The van der Waals surface area contributed by atoms with Crippen molar-refractivity contribution in [3.8, 4) is 17.0 Å². The average molecular weight is 499 g/mol. The molecule has 0 radical (unpaired) electrons. The van der Waals surface area contributed by atoms with Crippen molar-refractivity contribution in [1.29, 1.82) is 0 Å². The van der Waals surface area contributed by atoms with Gasteiger partial charge in [-0.05, 0) is 48.5 Å². The summed E-state index contributed by atoms with van der Waals surface area (Å²) in [5.74, 6) is 0.317. The van der Waals surface area contributed by atoms with Crippen LogP contribution in [-0.2, 0) is 4.79 Å². The van der Waals surface area contributed by atoms with Crippen LogP contribution in [0.5, 0.6) is 5.75 Å². The van der Waals surface area contributed by atoms with Gasteiger partial charge in [-0.2, -0.15) is 9.97 Å². The van der Waals surface area contributed by atoms with Crippen LogP contribution in [0.1, 0.15) is 0 Å². The minimum absolute atomic E-state index is 0.0291. The molecule has 0 unspecified atom stereocenters. The third kappa shape index (κ3) is 4.73. The summed E-state index contributed by atoms with van der Waals surface area (Å²) in [6.07, 6.45) is 0. The van der Waals surface area contributed by atoms with E-state index in [0.29, 0.717) is 48.3 Å². The fraction of sp³-hybridized carbons (Fsp3) is 0.217. The van der Waals surface area contributed by atoms with Crippen molar-refractivity contribution in [3.05, 3.63) is 59.4 Å². The topological polar surface area (TPSA) is 97.5 Å². The van der Waals surface area contributed by atoms with Gasteiger partial charge in [0.25, 0.3) is 5.91 Å². The zero-order chi connectivity index (χ0) is 23.7. The molecule has 1 aliphatic rings. The first-order chi connectivity index (χ1) is 16.5. The third-order valence-electron chi connectivity index (χ3n) is 5.46. The molecule has 1 amide bonds. The number of thiazole rings is 1. The molecule has 2 aromatic heterocycles. The summed E-state index contributed by atoms with van der Waals surface area (Å²) >= 11 is 7.33. The third-order valence-corrected chi connectivity index (χ3v) is 6.82. The van der Waals surface area contributed by atoms with Crippen molar-refractivity contribution < 1.29 is 13.9 Å². The largest absolute Gasteiger partial charge is 0.484 e. The molecule has 0 atom stereocenters. The highest BCUT2D eigenvalue weighted by Crippen LogP contribution is 2.35. The van der Waals surface area contributed by atoms with E-state index in [4.69, 9.17) is 22.1 Å². The molecule has 1 aliphatic heterocycles. The normalized spacial score (nSPS) is 13.9. The van der Waals surface area contributed by atoms with E-state index in [2.05, 4.69) is 19.9 Å². The SMILES string of the molecule is Nc1nc(-c2ccc(F)cc2)c2sc(N3CCN(C(=O)COc4ccc(Cl)cc4)CC3)nc2n1. The zero-order valence-corrected chi connectivity index (χ0v) is 19.5. The lowest BCUT2D eigenvalue weighted by molar-refractivity contribution is -0.133. The maximum absolute atomic E-state index is 13.4. The molecule has 34 heavy (non-hydrogen) atoms. The molecule has 0 bridgehead atoms. The number of carbonyl (C=O) groups excluding carboxylic acids is 1. The van der Waals surface area contributed by atoms with Crippen molar-refractivity contribution >= 4 is 50.3 Å². The van der Waals surface area contributed by atoms with E-state index in [-0.39, 0.29) is 24.3 Å². The Kier molecular flexibility index (Phi) is 6.16. The summed E-state index contributed by atoms with van der Waals surface area (Å²) < 4.78 is 19.7. The summed E-state index contributed by atoms with van der Waals surface area (Å²) in [7, 11) is 0. The number of hydrogen-bond acceptors (Lipinski definition) is 8. The van der Waals surface area contributed by atoms with Crippen LogP contribution in [0.15, 0.2) is 48.5 Å². The van der Waals surface area contributed by atoms with Gasteiger partial charge < -0.3 is 20.3 Å². The van der Waals surface area contributed by atoms with Gasteiger partial charge in [-0.1, -0.05) is 22.9 Å². The van der Waals surface area contributed by atoms with Crippen molar-refractivity contribution in [2.24, 2.45) is 0 Å². The highest BCUT2D eigenvalue weighted by atomic mass is 35.5. The van der Waals surface area contributed by atoms with Crippen LogP contribution in [0, 0.1) is 5.82 Å². The molecule has 0 aliphatic carbocycles. The highest BCUT2D eigenvalue weighted by Gasteiger charge is 2.24. The van der Waals surface area contributed by atoms with Crippen LogP contribution in [0.4, 0.5) is 15.5 Å². The Balaban J connectivity index is 1.26. The van der Waals surface area contributed by atoms with Gasteiger partial charge in [0.1, 0.15) is 16.3 Å². The number of benzene rings is 2. The average Bonchev–Trinajstić information content (AvgIpc) is 3.27. The Labute approximate surface area is 203 Å². The van der Waals surface area contributed by atoms with Gasteiger partial charge in [-0.25, -0.2) is 9.37 Å².